The van der Waals surface area contributed by atoms with Gasteiger partial charge >= 0.3 is 0 Å². The second-order valence-corrected chi connectivity index (χ2v) is 8.36. The van der Waals surface area contributed by atoms with Crippen LogP contribution in [0.2, 0.25) is 5.02 Å². The lowest BCUT2D eigenvalue weighted by Crippen LogP contribution is -2.44. The van der Waals surface area contributed by atoms with E-state index in [0.29, 0.717) is 22.0 Å². The molecule has 0 amide bonds. The highest BCUT2D eigenvalue weighted by atomic mass is 35.5. The number of nitrogens with two attached hydrogens (primary N) is 1. The van der Waals surface area contributed by atoms with Crippen molar-refractivity contribution >= 4 is 41.2 Å². The molecule has 0 unspecified atom stereocenters. The molecule has 1 aromatic carbocycles. The first-order valence-electron chi connectivity index (χ1n) is 9.02. The second-order valence-electron chi connectivity index (χ2n) is 6.90. The summed E-state index contributed by atoms with van der Waals surface area (Å²) in [6.45, 7) is 3.36. The zero-order valence-corrected chi connectivity index (χ0v) is 17.0. The van der Waals surface area contributed by atoms with Crippen LogP contribution in [0.3, 0.4) is 0 Å². The molecule has 1 aromatic rings. The summed E-state index contributed by atoms with van der Waals surface area (Å²) in [5.74, 6) is 0.454. The van der Waals surface area contributed by atoms with Gasteiger partial charge in [-0.3, -0.25) is 4.79 Å². The van der Waals surface area contributed by atoms with E-state index in [1.54, 1.807) is 19.3 Å². The van der Waals surface area contributed by atoms with Gasteiger partial charge in [-0.1, -0.05) is 29.4 Å². The van der Waals surface area contributed by atoms with Crippen molar-refractivity contribution in [3.05, 3.63) is 34.5 Å². The van der Waals surface area contributed by atoms with Crippen molar-refractivity contribution in [3.63, 3.8) is 0 Å². The van der Waals surface area contributed by atoms with Gasteiger partial charge in [0.2, 0.25) is 0 Å². The molecular weight excluding hydrogens is 384 g/mol. The topological polar surface area (TPSA) is 80.0 Å². The van der Waals surface area contributed by atoms with Crippen LogP contribution in [0.5, 0.6) is 0 Å². The van der Waals surface area contributed by atoms with Gasteiger partial charge in [0.15, 0.2) is 12.1 Å². The minimum atomic E-state index is 0.302. The summed E-state index contributed by atoms with van der Waals surface area (Å²) >= 11 is 7.68. The molecule has 2 aliphatic rings. The molecule has 0 bridgehead atoms. The Balaban J connectivity index is 1.68. The molecule has 0 aromatic heterocycles. The van der Waals surface area contributed by atoms with Crippen molar-refractivity contribution in [1.82, 2.24) is 10.2 Å². The molecule has 3 N–H and O–H groups in total. The third-order valence-electron chi connectivity index (χ3n) is 5.21. The Kier molecular flexibility index (Phi) is 6.68. The smallest absolute Gasteiger partial charge is 0.185 e. The largest absolute Gasteiger partial charge is 0.397 e. The van der Waals surface area contributed by atoms with Crippen molar-refractivity contribution in [2.24, 2.45) is 10.4 Å². The number of hydrogen-bond acceptors (Lipinski definition) is 6. The molecule has 2 fully saturated rings. The van der Waals surface area contributed by atoms with Crippen LogP contribution in [-0.2, 0) is 9.53 Å². The van der Waals surface area contributed by atoms with E-state index < -0.39 is 0 Å². The Bertz CT molecular complexity index is 737. The quantitative estimate of drug-likeness (QED) is 0.256. The SMILES string of the molecule is CN/C(=C\N=C(C=O)N1CCC2(CCOC2)CC1)Sc1cccc(N)c1Cl. The summed E-state index contributed by atoms with van der Waals surface area (Å²) in [6, 6.07) is 5.51. The van der Waals surface area contributed by atoms with Crippen molar-refractivity contribution in [3.8, 4) is 0 Å². The minimum Gasteiger partial charge on any atom is -0.397 e. The lowest BCUT2D eigenvalue weighted by atomic mass is 9.78. The van der Waals surface area contributed by atoms with Crippen molar-refractivity contribution in [1.29, 1.82) is 0 Å². The summed E-state index contributed by atoms with van der Waals surface area (Å²) in [4.78, 5) is 18.9. The van der Waals surface area contributed by atoms with E-state index in [-0.39, 0.29) is 0 Å². The van der Waals surface area contributed by atoms with E-state index in [0.717, 1.165) is 61.8 Å². The van der Waals surface area contributed by atoms with E-state index in [1.165, 1.54) is 11.8 Å². The molecule has 0 radical (unpaired) electrons. The average molecular weight is 409 g/mol. The summed E-state index contributed by atoms with van der Waals surface area (Å²) in [5.41, 5.74) is 6.69. The molecule has 146 valence electrons. The van der Waals surface area contributed by atoms with Crippen LogP contribution in [0.1, 0.15) is 19.3 Å². The second kappa shape index (κ2) is 8.99. The standard InChI is InChI=1S/C19H25ClN4O2S/c1-22-17(27-15-4-2-3-14(21)18(15)20)11-23-16(12-25)24-8-5-19(6-9-24)7-10-26-13-19/h2-4,11-12,22H,5-10,13,21H2,1H3/b17-11+,23-16?. The van der Waals surface area contributed by atoms with Crippen LogP contribution in [0.25, 0.3) is 0 Å². The zero-order chi connectivity index (χ0) is 19.3. The average Bonchev–Trinajstić information content (AvgIpc) is 3.14. The van der Waals surface area contributed by atoms with Gasteiger partial charge in [-0.15, -0.1) is 0 Å². The monoisotopic (exact) mass is 408 g/mol. The number of nitrogens with one attached hydrogen (secondary N) is 1. The third-order valence-corrected chi connectivity index (χ3v) is 6.84. The molecule has 2 heterocycles. The van der Waals surface area contributed by atoms with Crippen LogP contribution in [0.4, 0.5) is 5.69 Å². The van der Waals surface area contributed by atoms with Crippen LogP contribution in [0.15, 0.2) is 39.3 Å². The van der Waals surface area contributed by atoms with Gasteiger partial charge in [-0.2, -0.15) is 0 Å². The molecule has 0 aliphatic carbocycles. The fourth-order valence-electron chi connectivity index (χ4n) is 3.43. The maximum atomic E-state index is 11.6. The van der Waals surface area contributed by atoms with E-state index in [4.69, 9.17) is 22.1 Å². The Morgan fingerprint density at radius 3 is 2.81 bits per heavy atom. The van der Waals surface area contributed by atoms with Crippen LogP contribution >= 0.6 is 23.4 Å². The van der Waals surface area contributed by atoms with Gasteiger partial charge in [0.25, 0.3) is 0 Å². The van der Waals surface area contributed by atoms with Gasteiger partial charge in [0.1, 0.15) is 0 Å². The lowest BCUT2D eigenvalue weighted by molar-refractivity contribution is -0.103. The number of anilines is 1. The molecule has 0 saturated carbocycles. The Morgan fingerprint density at radius 1 is 1.41 bits per heavy atom. The first-order chi connectivity index (χ1) is 13.1. The number of piperidine rings is 1. The molecule has 2 saturated heterocycles. The summed E-state index contributed by atoms with van der Waals surface area (Å²) in [7, 11) is 1.81. The molecule has 6 nitrogen and oxygen atoms in total. The molecule has 27 heavy (non-hydrogen) atoms. The number of aldehydes is 1. The van der Waals surface area contributed by atoms with Gasteiger partial charge in [-0.05, 0) is 36.8 Å². The Labute approximate surface area is 169 Å². The number of benzene rings is 1. The number of nitrogens with zero attached hydrogens (tertiary/aromatic N) is 2. The van der Waals surface area contributed by atoms with Gasteiger partial charge in [-0.25, -0.2) is 4.99 Å². The van der Waals surface area contributed by atoms with Gasteiger partial charge < -0.3 is 20.7 Å². The van der Waals surface area contributed by atoms with E-state index in [9.17, 15) is 4.79 Å². The zero-order valence-electron chi connectivity index (χ0n) is 15.4. The molecule has 1 spiro atoms. The van der Waals surface area contributed by atoms with Gasteiger partial charge in [0.05, 0.1) is 28.5 Å². The summed E-state index contributed by atoms with van der Waals surface area (Å²) in [6.07, 6.45) is 5.68. The highest BCUT2D eigenvalue weighted by Gasteiger charge is 2.38. The van der Waals surface area contributed by atoms with Crippen molar-refractivity contribution in [2.75, 3.05) is 39.1 Å². The van der Waals surface area contributed by atoms with E-state index in [2.05, 4.69) is 15.2 Å². The molecule has 3 rings (SSSR count). The molecule has 8 heteroatoms. The summed E-state index contributed by atoms with van der Waals surface area (Å²) < 4.78 is 5.57. The molecular formula is C19H25ClN4O2S. The number of hydrogen-bond donors (Lipinski definition) is 2. The number of aliphatic imine (C=N–C) groups is 1. The number of thioether (sulfide) groups is 1. The number of ether oxygens (including phenoxy) is 1. The lowest BCUT2D eigenvalue weighted by Gasteiger charge is -2.38. The maximum absolute atomic E-state index is 11.6. The molecule has 2 aliphatic heterocycles. The normalized spacial score (nSPS) is 20.1. The number of likely N-dealkylation sites (tertiary alicyclic amines) is 1. The van der Waals surface area contributed by atoms with Crippen LogP contribution in [0, 0.1) is 5.41 Å². The first-order valence-corrected chi connectivity index (χ1v) is 10.2. The number of nitrogen functional groups attached to an aromatic ring is 1. The van der Waals surface area contributed by atoms with Crippen molar-refractivity contribution < 1.29 is 9.53 Å². The molecule has 0 atom stereocenters. The summed E-state index contributed by atoms with van der Waals surface area (Å²) in [5, 5.41) is 4.38. The predicted molar refractivity (Wildman–Crippen MR) is 111 cm³/mol. The van der Waals surface area contributed by atoms with Crippen molar-refractivity contribution in [2.45, 2.75) is 24.2 Å². The number of rotatable bonds is 5. The maximum Gasteiger partial charge on any atom is 0.185 e. The predicted octanol–water partition coefficient (Wildman–Crippen LogP) is 3.13. The highest BCUT2D eigenvalue weighted by molar-refractivity contribution is 8.03. The van der Waals surface area contributed by atoms with Crippen LogP contribution < -0.4 is 11.1 Å². The fourth-order valence-corrected chi connectivity index (χ4v) is 4.47. The Morgan fingerprint density at radius 2 is 2.19 bits per heavy atom. The fraction of sp³-hybridized carbons (Fsp3) is 0.474. The number of carbonyl (C=O) groups is 1. The third kappa shape index (κ3) is 4.78. The Hall–Kier alpha value is -1.70. The first kappa shape index (κ1) is 20.0. The van der Waals surface area contributed by atoms with Crippen LogP contribution in [-0.4, -0.2) is 50.4 Å². The number of carbonyl (C=O) groups excluding carboxylic acids is 1. The number of halogens is 1. The van der Waals surface area contributed by atoms with Gasteiger partial charge in [0, 0.05) is 31.6 Å². The minimum absolute atomic E-state index is 0.302. The van der Waals surface area contributed by atoms with E-state index in [1.807, 2.05) is 12.1 Å². The van der Waals surface area contributed by atoms with E-state index >= 15 is 0 Å². The highest BCUT2D eigenvalue weighted by Crippen LogP contribution is 2.39. The number of amidine groups is 1.